The van der Waals surface area contributed by atoms with Crippen molar-refractivity contribution in [2.75, 3.05) is 20.2 Å². The molecule has 0 saturated carbocycles. The highest BCUT2D eigenvalue weighted by Gasteiger charge is 2.36. The largest absolute Gasteiger partial charge is 0.497 e. The van der Waals surface area contributed by atoms with Crippen molar-refractivity contribution >= 4 is 16.9 Å². The third-order valence-electron chi connectivity index (χ3n) is 5.71. The average Bonchev–Trinajstić information content (AvgIpc) is 3.24. The highest BCUT2D eigenvalue weighted by molar-refractivity contribution is 5.99. The zero-order chi connectivity index (χ0) is 19.9. The fraction of sp³-hybridized carbons (Fsp3) is 0.429. The monoisotopic (exact) mass is 383 g/mol. The van der Waals surface area contributed by atoms with Crippen molar-refractivity contribution in [3.8, 4) is 5.75 Å². The highest BCUT2D eigenvalue weighted by Crippen LogP contribution is 2.31. The minimum atomic E-state index is -0.835. The number of rotatable bonds is 4. The molecule has 3 heterocycles. The van der Waals surface area contributed by atoms with Crippen molar-refractivity contribution in [3.05, 3.63) is 47.7 Å². The molecule has 28 heavy (non-hydrogen) atoms. The Balaban J connectivity index is 1.49. The second-order valence-corrected chi connectivity index (χ2v) is 7.54. The quantitative estimate of drug-likeness (QED) is 0.749. The summed E-state index contributed by atoms with van der Waals surface area (Å²) in [5.41, 5.74) is 0.639. The number of aryl methyl sites for hydroxylation is 2. The van der Waals surface area contributed by atoms with Gasteiger partial charge in [-0.15, -0.1) is 0 Å². The number of aliphatic hydroxyl groups is 1. The summed E-state index contributed by atoms with van der Waals surface area (Å²) in [6, 6.07) is 5.56. The Labute approximate surface area is 163 Å². The van der Waals surface area contributed by atoms with Gasteiger partial charge < -0.3 is 23.7 Å². The maximum absolute atomic E-state index is 13.0. The average molecular weight is 383 g/mol. The second-order valence-electron chi connectivity index (χ2n) is 7.54. The number of piperidine rings is 1. The number of benzene rings is 1. The van der Waals surface area contributed by atoms with Crippen LogP contribution >= 0.6 is 0 Å². The van der Waals surface area contributed by atoms with Crippen molar-refractivity contribution in [2.24, 2.45) is 0 Å². The van der Waals surface area contributed by atoms with Crippen LogP contribution in [0, 0.1) is 13.8 Å². The third kappa shape index (κ3) is 3.26. The maximum atomic E-state index is 13.0. The van der Waals surface area contributed by atoms with Crippen molar-refractivity contribution < 1.29 is 19.1 Å². The van der Waals surface area contributed by atoms with Crippen LogP contribution in [-0.4, -0.2) is 51.3 Å². The number of hydrogen-bond donors (Lipinski definition) is 1. The molecule has 3 aromatic rings. The second kappa shape index (κ2) is 6.98. The van der Waals surface area contributed by atoms with Crippen LogP contribution in [0.5, 0.6) is 5.75 Å². The summed E-state index contributed by atoms with van der Waals surface area (Å²) in [5.74, 6) is 1.80. The number of imidazole rings is 1. The molecule has 0 unspecified atom stereocenters. The molecule has 7 nitrogen and oxygen atoms in total. The van der Waals surface area contributed by atoms with Gasteiger partial charge in [-0.2, -0.15) is 0 Å². The minimum absolute atomic E-state index is 0.131. The molecule has 2 aromatic heterocycles. The Morgan fingerprint density at radius 3 is 2.71 bits per heavy atom. The molecule has 148 valence electrons. The summed E-state index contributed by atoms with van der Waals surface area (Å²) in [5, 5.41) is 11.9. The normalized spacial score (nSPS) is 16.5. The van der Waals surface area contributed by atoms with Crippen LogP contribution < -0.4 is 4.74 Å². The number of furan rings is 1. The van der Waals surface area contributed by atoms with E-state index in [9.17, 15) is 9.90 Å². The van der Waals surface area contributed by atoms with Gasteiger partial charge in [-0.25, -0.2) is 4.98 Å². The lowest BCUT2D eigenvalue weighted by Crippen LogP contribution is -2.48. The Morgan fingerprint density at radius 1 is 1.32 bits per heavy atom. The first kappa shape index (κ1) is 18.6. The standard InChI is InChI=1S/C21H25N3O4/c1-14-17-5-4-16(27-3)12-18(17)28-19(14)20(25)23-9-6-21(26,7-10-23)13-24-11-8-22-15(24)2/h4-5,8,11-12,26H,6-7,9-10,13H2,1-3H3. The number of hydrogen-bond acceptors (Lipinski definition) is 5. The maximum Gasteiger partial charge on any atom is 0.289 e. The molecular formula is C21H25N3O4. The van der Waals surface area contributed by atoms with Crippen LogP contribution in [0.3, 0.4) is 0 Å². The molecule has 0 atom stereocenters. The molecule has 0 aliphatic carbocycles. The number of nitrogens with zero attached hydrogens (tertiary/aromatic N) is 3. The van der Waals surface area contributed by atoms with E-state index in [0.717, 1.165) is 16.8 Å². The van der Waals surface area contributed by atoms with Crippen molar-refractivity contribution in [1.82, 2.24) is 14.5 Å². The summed E-state index contributed by atoms with van der Waals surface area (Å²) in [4.78, 5) is 19.0. The molecular weight excluding hydrogens is 358 g/mol. The van der Waals surface area contributed by atoms with Gasteiger partial charge in [-0.3, -0.25) is 4.79 Å². The van der Waals surface area contributed by atoms with Crippen LogP contribution in [0.1, 0.15) is 34.8 Å². The van der Waals surface area contributed by atoms with Gasteiger partial charge >= 0.3 is 0 Å². The van der Waals surface area contributed by atoms with Gasteiger partial charge in [0.15, 0.2) is 5.76 Å². The first-order valence-electron chi connectivity index (χ1n) is 9.47. The van der Waals surface area contributed by atoms with E-state index in [4.69, 9.17) is 9.15 Å². The van der Waals surface area contributed by atoms with Crippen LogP contribution in [-0.2, 0) is 6.54 Å². The topological polar surface area (TPSA) is 80.7 Å². The molecule has 0 bridgehead atoms. The van der Waals surface area contributed by atoms with Gasteiger partial charge in [-0.1, -0.05) is 0 Å². The molecule has 1 aliphatic heterocycles. The Morgan fingerprint density at radius 2 is 2.07 bits per heavy atom. The lowest BCUT2D eigenvalue weighted by Gasteiger charge is -2.38. The van der Waals surface area contributed by atoms with E-state index in [2.05, 4.69) is 4.98 Å². The number of methoxy groups -OCH3 is 1. The van der Waals surface area contributed by atoms with Gasteiger partial charge in [0.1, 0.15) is 17.2 Å². The fourth-order valence-electron chi connectivity index (χ4n) is 3.85. The molecule has 4 rings (SSSR count). The zero-order valence-electron chi connectivity index (χ0n) is 16.4. The molecule has 0 radical (unpaired) electrons. The first-order valence-corrected chi connectivity index (χ1v) is 9.47. The van der Waals surface area contributed by atoms with E-state index in [0.29, 0.717) is 49.6 Å². The van der Waals surface area contributed by atoms with Crippen molar-refractivity contribution in [3.63, 3.8) is 0 Å². The summed E-state index contributed by atoms with van der Waals surface area (Å²) in [7, 11) is 1.60. The van der Waals surface area contributed by atoms with Gasteiger partial charge in [-0.05, 0) is 38.8 Å². The SMILES string of the molecule is COc1ccc2c(C)c(C(=O)N3CCC(O)(Cn4ccnc4C)CC3)oc2c1. The lowest BCUT2D eigenvalue weighted by molar-refractivity contribution is -0.0301. The molecule has 1 aliphatic rings. The van der Waals surface area contributed by atoms with Crippen LogP contribution in [0.15, 0.2) is 35.0 Å². The Bertz CT molecular complexity index is 1010. The molecule has 1 aromatic carbocycles. The summed E-state index contributed by atoms with van der Waals surface area (Å²) < 4.78 is 13.0. The van der Waals surface area contributed by atoms with Crippen LogP contribution in [0.25, 0.3) is 11.0 Å². The molecule has 1 amide bonds. The fourth-order valence-corrected chi connectivity index (χ4v) is 3.85. The van der Waals surface area contributed by atoms with E-state index in [1.54, 1.807) is 24.3 Å². The van der Waals surface area contributed by atoms with Gasteiger partial charge in [0.2, 0.25) is 0 Å². The van der Waals surface area contributed by atoms with E-state index >= 15 is 0 Å². The molecule has 1 fully saturated rings. The van der Waals surface area contributed by atoms with E-state index in [1.165, 1.54) is 0 Å². The Hall–Kier alpha value is -2.80. The number of likely N-dealkylation sites (tertiary alicyclic amines) is 1. The predicted molar refractivity (Wildman–Crippen MR) is 105 cm³/mol. The number of aromatic nitrogens is 2. The molecule has 7 heteroatoms. The lowest BCUT2D eigenvalue weighted by atomic mass is 9.91. The zero-order valence-corrected chi connectivity index (χ0v) is 16.4. The minimum Gasteiger partial charge on any atom is -0.497 e. The summed E-state index contributed by atoms with van der Waals surface area (Å²) in [6.45, 7) is 5.28. The smallest absolute Gasteiger partial charge is 0.289 e. The molecule has 1 N–H and O–H groups in total. The number of fused-ring (bicyclic) bond motifs is 1. The molecule has 0 spiro atoms. The number of carbonyl (C=O) groups is 1. The third-order valence-corrected chi connectivity index (χ3v) is 5.71. The van der Waals surface area contributed by atoms with Crippen molar-refractivity contribution in [2.45, 2.75) is 38.8 Å². The predicted octanol–water partition coefficient (Wildman–Crippen LogP) is 2.92. The van der Waals surface area contributed by atoms with Crippen molar-refractivity contribution in [1.29, 1.82) is 0 Å². The van der Waals surface area contributed by atoms with Gasteiger partial charge in [0.05, 0.1) is 19.3 Å². The van der Waals surface area contributed by atoms with Crippen LogP contribution in [0.4, 0.5) is 0 Å². The summed E-state index contributed by atoms with van der Waals surface area (Å²) >= 11 is 0. The summed E-state index contributed by atoms with van der Waals surface area (Å²) in [6.07, 6.45) is 4.64. The first-order chi connectivity index (χ1) is 13.4. The van der Waals surface area contributed by atoms with Crippen LogP contribution in [0.2, 0.25) is 0 Å². The Kier molecular flexibility index (Phi) is 4.63. The van der Waals surface area contributed by atoms with Gasteiger partial charge in [0.25, 0.3) is 5.91 Å². The number of carbonyl (C=O) groups excluding carboxylic acids is 1. The molecule has 1 saturated heterocycles. The van der Waals surface area contributed by atoms with E-state index in [-0.39, 0.29) is 5.91 Å². The number of amides is 1. The van der Waals surface area contributed by atoms with Gasteiger partial charge in [0, 0.05) is 42.5 Å². The highest BCUT2D eigenvalue weighted by atomic mass is 16.5. The van der Waals surface area contributed by atoms with E-state index in [1.807, 2.05) is 36.7 Å². The van der Waals surface area contributed by atoms with E-state index < -0.39 is 5.60 Å². The number of ether oxygens (including phenoxy) is 1.